The SMILES string of the molecule is CCC[C@H](/C=C/CCO)CCCO. The average Bonchev–Trinajstić information content (AvgIpc) is 2.14. The molecule has 0 aromatic rings. The van der Waals surface area contributed by atoms with Crippen LogP contribution < -0.4 is 0 Å². The van der Waals surface area contributed by atoms with Crippen LogP contribution in [0, 0.1) is 5.92 Å². The van der Waals surface area contributed by atoms with Crippen LogP contribution in [0.25, 0.3) is 0 Å². The highest BCUT2D eigenvalue weighted by Crippen LogP contribution is 2.14. The van der Waals surface area contributed by atoms with Gasteiger partial charge in [0, 0.05) is 13.2 Å². The Kier molecular flexibility index (Phi) is 9.49. The van der Waals surface area contributed by atoms with E-state index in [4.69, 9.17) is 10.2 Å². The minimum Gasteiger partial charge on any atom is -0.396 e. The van der Waals surface area contributed by atoms with E-state index in [1.165, 1.54) is 12.8 Å². The molecule has 0 saturated carbocycles. The zero-order valence-corrected chi connectivity index (χ0v) is 8.58. The third-order valence-electron chi connectivity index (χ3n) is 2.10. The molecule has 0 aromatic carbocycles. The maximum Gasteiger partial charge on any atom is 0.0465 e. The van der Waals surface area contributed by atoms with Crippen LogP contribution >= 0.6 is 0 Å². The molecule has 0 aliphatic heterocycles. The summed E-state index contributed by atoms with van der Waals surface area (Å²) in [5.74, 6) is 0.587. The molecule has 0 saturated heterocycles. The minimum atomic E-state index is 0.231. The quantitative estimate of drug-likeness (QED) is 0.570. The summed E-state index contributed by atoms with van der Waals surface area (Å²) in [4.78, 5) is 0. The van der Waals surface area contributed by atoms with Gasteiger partial charge >= 0.3 is 0 Å². The first-order valence-electron chi connectivity index (χ1n) is 5.23. The van der Waals surface area contributed by atoms with Crippen LogP contribution in [0.4, 0.5) is 0 Å². The molecule has 0 rings (SSSR count). The summed E-state index contributed by atoms with van der Waals surface area (Å²) >= 11 is 0. The van der Waals surface area contributed by atoms with Crippen molar-refractivity contribution in [1.29, 1.82) is 0 Å². The summed E-state index contributed by atoms with van der Waals surface area (Å²) in [5.41, 5.74) is 0. The molecule has 0 aromatic heterocycles. The van der Waals surface area contributed by atoms with E-state index < -0.39 is 0 Å². The molecule has 0 radical (unpaired) electrons. The first-order valence-corrected chi connectivity index (χ1v) is 5.23. The first kappa shape index (κ1) is 12.7. The standard InChI is InChI=1S/C11H22O2/c1-2-6-11(8-5-10-13)7-3-4-9-12/h3,7,11-13H,2,4-6,8-10H2,1H3/b7-3+/t11-/m1/s1. The zero-order valence-electron chi connectivity index (χ0n) is 8.58. The number of aliphatic hydroxyl groups excluding tert-OH is 2. The summed E-state index contributed by atoms with van der Waals surface area (Å²) in [6, 6.07) is 0. The first-order chi connectivity index (χ1) is 6.35. The maximum atomic E-state index is 8.69. The second-order valence-corrected chi connectivity index (χ2v) is 3.36. The van der Waals surface area contributed by atoms with Crippen LogP contribution in [0.5, 0.6) is 0 Å². The highest BCUT2D eigenvalue weighted by atomic mass is 16.3. The average molecular weight is 186 g/mol. The minimum absolute atomic E-state index is 0.231. The van der Waals surface area contributed by atoms with Crippen LogP contribution in [-0.2, 0) is 0 Å². The predicted molar refractivity (Wildman–Crippen MR) is 55.6 cm³/mol. The summed E-state index contributed by atoms with van der Waals surface area (Å²) in [6.45, 7) is 2.69. The summed E-state index contributed by atoms with van der Waals surface area (Å²) in [7, 11) is 0. The van der Waals surface area contributed by atoms with Gasteiger partial charge in [0.05, 0.1) is 0 Å². The van der Waals surface area contributed by atoms with Crippen LogP contribution in [0.3, 0.4) is 0 Å². The zero-order chi connectivity index (χ0) is 9.94. The summed E-state index contributed by atoms with van der Waals surface area (Å²) in [6.07, 6.45) is 9.27. The fraction of sp³-hybridized carbons (Fsp3) is 0.818. The normalized spacial score (nSPS) is 13.8. The highest BCUT2D eigenvalue weighted by Gasteiger charge is 2.01. The van der Waals surface area contributed by atoms with Gasteiger partial charge in [-0.1, -0.05) is 25.5 Å². The van der Waals surface area contributed by atoms with Crippen molar-refractivity contribution in [3.8, 4) is 0 Å². The molecule has 0 amide bonds. The van der Waals surface area contributed by atoms with Gasteiger partial charge in [-0.15, -0.1) is 0 Å². The van der Waals surface area contributed by atoms with E-state index in [2.05, 4.69) is 13.0 Å². The van der Waals surface area contributed by atoms with Crippen LogP contribution in [0.15, 0.2) is 12.2 Å². The second-order valence-electron chi connectivity index (χ2n) is 3.36. The molecule has 0 heterocycles. The third-order valence-corrected chi connectivity index (χ3v) is 2.10. The van der Waals surface area contributed by atoms with E-state index in [1.54, 1.807) is 0 Å². The Labute approximate surface area is 81.3 Å². The largest absolute Gasteiger partial charge is 0.396 e. The van der Waals surface area contributed by atoms with Crippen LogP contribution in [0.1, 0.15) is 39.0 Å². The van der Waals surface area contributed by atoms with Crippen molar-refractivity contribution in [3.05, 3.63) is 12.2 Å². The molecular weight excluding hydrogens is 164 g/mol. The Morgan fingerprint density at radius 3 is 2.46 bits per heavy atom. The lowest BCUT2D eigenvalue weighted by molar-refractivity contribution is 0.275. The van der Waals surface area contributed by atoms with E-state index in [0.717, 1.165) is 19.3 Å². The van der Waals surface area contributed by atoms with Crippen molar-refractivity contribution in [2.24, 2.45) is 5.92 Å². The molecule has 0 aliphatic carbocycles. The molecule has 2 nitrogen and oxygen atoms in total. The number of aliphatic hydroxyl groups is 2. The summed E-state index contributed by atoms with van der Waals surface area (Å²) in [5, 5.41) is 17.3. The lowest BCUT2D eigenvalue weighted by Gasteiger charge is -2.09. The summed E-state index contributed by atoms with van der Waals surface area (Å²) < 4.78 is 0. The Morgan fingerprint density at radius 2 is 1.92 bits per heavy atom. The molecule has 0 fully saturated rings. The molecule has 78 valence electrons. The van der Waals surface area contributed by atoms with Crippen molar-refractivity contribution in [2.45, 2.75) is 39.0 Å². The van der Waals surface area contributed by atoms with Crippen molar-refractivity contribution >= 4 is 0 Å². The number of hydrogen-bond acceptors (Lipinski definition) is 2. The monoisotopic (exact) mass is 186 g/mol. The van der Waals surface area contributed by atoms with E-state index in [1.807, 2.05) is 6.08 Å². The van der Waals surface area contributed by atoms with Gasteiger partial charge in [-0.3, -0.25) is 0 Å². The molecular formula is C11H22O2. The smallest absolute Gasteiger partial charge is 0.0465 e. The fourth-order valence-electron chi connectivity index (χ4n) is 1.42. The van der Waals surface area contributed by atoms with Crippen LogP contribution in [0.2, 0.25) is 0 Å². The Hall–Kier alpha value is -0.340. The Balaban J connectivity index is 3.64. The van der Waals surface area contributed by atoms with Gasteiger partial charge in [0.1, 0.15) is 0 Å². The Bertz CT molecular complexity index is 121. The lowest BCUT2D eigenvalue weighted by Crippen LogP contribution is -1.98. The Morgan fingerprint density at radius 1 is 1.15 bits per heavy atom. The lowest BCUT2D eigenvalue weighted by atomic mass is 9.97. The molecule has 1 atom stereocenters. The van der Waals surface area contributed by atoms with E-state index >= 15 is 0 Å². The fourth-order valence-corrected chi connectivity index (χ4v) is 1.42. The molecule has 0 aliphatic rings. The number of hydrogen-bond donors (Lipinski definition) is 2. The third kappa shape index (κ3) is 8.00. The number of allylic oxidation sites excluding steroid dienone is 1. The van der Waals surface area contributed by atoms with Crippen LogP contribution in [-0.4, -0.2) is 23.4 Å². The topological polar surface area (TPSA) is 40.5 Å². The van der Waals surface area contributed by atoms with Crippen molar-refractivity contribution in [1.82, 2.24) is 0 Å². The predicted octanol–water partition coefficient (Wildman–Crippen LogP) is 2.11. The molecule has 2 N–H and O–H groups in total. The van der Waals surface area contributed by atoms with Gasteiger partial charge in [0.2, 0.25) is 0 Å². The van der Waals surface area contributed by atoms with Gasteiger partial charge in [-0.05, 0) is 31.6 Å². The van der Waals surface area contributed by atoms with Gasteiger partial charge in [0.25, 0.3) is 0 Å². The van der Waals surface area contributed by atoms with Gasteiger partial charge in [-0.2, -0.15) is 0 Å². The molecule has 13 heavy (non-hydrogen) atoms. The number of rotatable bonds is 8. The highest BCUT2D eigenvalue weighted by molar-refractivity contribution is 4.88. The molecule has 0 spiro atoms. The van der Waals surface area contributed by atoms with Gasteiger partial charge in [0.15, 0.2) is 0 Å². The molecule has 0 bridgehead atoms. The van der Waals surface area contributed by atoms with Crippen molar-refractivity contribution in [3.63, 3.8) is 0 Å². The second kappa shape index (κ2) is 9.75. The molecule has 0 unspecified atom stereocenters. The van der Waals surface area contributed by atoms with E-state index in [-0.39, 0.29) is 13.2 Å². The molecule has 2 heteroatoms. The van der Waals surface area contributed by atoms with Crippen molar-refractivity contribution in [2.75, 3.05) is 13.2 Å². The maximum absolute atomic E-state index is 8.69. The van der Waals surface area contributed by atoms with Gasteiger partial charge in [-0.25, -0.2) is 0 Å². The van der Waals surface area contributed by atoms with E-state index in [0.29, 0.717) is 5.92 Å². The van der Waals surface area contributed by atoms with Crippen molar-refractivity contribution < 1.29 is 10.2 Å². The van der Waals surface area contributed by atoms with Gasteiger partial charge < -0.3 is 10.2 Å². The van der Waals surface area contributed by atoms with E-state index in [9.17, 15) is 0 Å².